The van der Waals surface area contributed by atoms with Crippen molar-refractivity contribution < 1.29 is 29.0 Å². The number of alkyl carbamates (subject to hydrolysis) is 1. The Balaban J connectivity index is 1.90. The zero-order valence-electron chi connectivity index (χ0n) is 15.9. The number of aliphatic hydroxyl groups is 1. The van der Waals surface area contributed by atoms with Gasteiger partial charge in [-0.05, 0) is 40.2 Å². The molecule has 1 aromatic rings. The SMILES string of the molecule is CC(NC(=O)OC(C)(C)C)OC(=O)CC1CC(O)c2ccccc2NC1=O. The van der Waals surface area contributed by atoms with Gasteiger partial charge in [-0.25, -0.2) is 4.79 Å². The molecule has 27 heavy (non-hydrogen) atoms. The van der Waals surface area contributed by atoms with Gasteiger partial charge in [-0.3, -0.25) is 14.9 Å². The van der Waals surface area contributed by atoms with Gasteiger partial charge in [0.25, 0.3) is 0 Å². The first-order chi connectivity index (χ1) is 12.5. The first-order valence-electron chi connectivity index (χ1n) is 8.82. The van der Waals surface area contributed by atoms with E-state index in [0.29, 0.717) is 11.3 Å². The molecule has 0 bridgehead atoms. The van der Waals surface area contributed by atoms with E-state index >= 15 is 0 Å². The smallest absolute Gasteiger partial charge is 0.410 e. The molecule has 3 N–H and O–H groups in total. The average Bonchev–Trinajstić information content (AvgIpc) is 2.62. The molecule has 0 saturated heterocycles. The van der Waals surface area contributed by atoms with Gasteiger partial charge in [0.1, 0.15) is 5.60 Å². The maximum atomic E-state index is 12.4. The third-order valence-corrected chi connectivity index (χ3v) is 3.90. The standard InChI is InChI=1S/C19H26N2O6/c1-11(20-18(25)27-19(2,3)4)26-16(23)10-12-9-15(22)13-7-5-6-8-14(13)21-17(12)24/h5-8,11-12,15,22H,9-10H2,1-4H3,(H,20,25)(H,21,24). The number of benzene rings is 1. The second-order valence-electron chi connectivity index (χ2n) is 7.51. The molecule has 0 aliphatic carbocycles. The predicted molar refractivity (Wildman–Crippen MR) is 97.7 cm³/mol. The Kier molecular flexibility index (Phi) is 6.43. The molecule has 0 spiro atoms. The second-order valence-corrected chi connectivity index (χ2v) is 7.51. The molecule has 1 aromatic carbocycles. The van der Waals surface area contributed by atoms with Gasteiger partial charge in [0, 0.05) is 11.3 Å². The fourth-order valence-corrected chi connectivity index (χ4v) is 2.77. The summed E-state index contributed by atoms with van der Waals surface area (Å²) < 4.78 is 10.2. The van der Waals surface area contributed by atoms with Crippen molar-refractivity contribution in [2.24, 2.45) is 5.92 Å². The number of para-hydroxylation sites is 1. The van der Waals surface area contributed by atoms with Crippen LogP contribution in [0.3, 0.4) is 0 Å². The number of carbonyl (C=O) groups excluding carboxylic acids is 3. The summed E-state index contributed by atoms with van der Waals surface area (Å²) in [4.78, 5) is 36.2. The largest absolute Gasteiger partial charge is 0.444 e. The van der Waals surface area contributed by atoms with Crippen molar-refractivity contribution in [3.63, 3.8) is 0 Å². The van der Waals surface area contributed by atoms with Crippen molar-refractivity contribution in [2.45, 2.75) is 58.5 Å². The summed E-state index contributed by atoms with van der Waals surface area (Å²) >= 11 is 0. The van der Waals surface area contributed by atoms with Crippen LogP contribution in [-0.2, 0) is 19.1 Å². The number of fused-ring (bicyclic) bond motifs is 1. The molecule has 2 rings (SSSR count). The van der Waals surface area contributed by atoms with Crippen LogP contribution < -0.4 is 10.6 Å². The summed E-state index contributed by atoms with van der Waals surface area (Å²) in [5, 5.41) is 15.5. The maximum absolute atomic E-state index is 12.4. The lowest BCUT2D eigenvalue weighted by Crippen LogP contribution is -2.40. The highest BCUT2D eigenvalue weighted by Gasteiger charge is 2.31. The van der Waals surface area contributed by atoms with Crippen molar-refractivity contribution >= 4 is 23.7 Å². The topological polar surface area (TPSA) is 114 Å². The molecule has 1 aliphatic heterocycles. The monoisotopic (exact) mass is 378 g/mol. The Labute approximate surface area is 158 Å². The molecule has 8 nitrogen and oxygen atoms in total. The van der Waals surface area contributed by atoms with Crippen molar-refractivity contribution in [1.82, 2.24) is 5.32 Å². The molecule has 1 aliphatic rings. The Morgan fingerprint density at radius 1 is 1.33 bits per heavy atom. The first-order valence-corrected chi connectivity index (χ1v) is 8.82. The number of hydrogen-bond acceptors (Lipinski definition) is 6. The molecule has 0 saturated carbocycles. The minimum absolute atomic E-state index is 0.103. The number of rotatable bonds is 4. The lowest BCUT2D eigenvalue weighted by molar-refractivity contribution is -0.152. The fraction of sp³-hybridized carbons (Fsp3) is 0.526. The lowest BCUT2D eigenvalue weighted by atomic mass is 9.95. The number of ether oxygens (including phenoxy) is 2. The Morgan fingerprint density at radius 3 is 2.67 bits per heavy atom. The van der Waals surface area contributed by atoms with Crippen LogP contribution >= 0.6 is 0 Å². The van der Waals surface area contributed by atoms with E-state index in [2.05, 4.69) is 10.6 Å². The lowest BCUT2D eigenvalue weighted by Gasteiger charge is -2.22. The fourth-order valence-electron chi connectivity index (χ4n) is 2.77. The Bertz CT molecular complexity index is 712. The van der Waals surface area contributed by atoms with Gasteiger partial charge in [0.15, 0.2) is 6.23 Å². The van der Waals surface area contributed by atoms with Crippen LogP contribution in [0.2, 0.25) is 0 Å². The minimum atomic E-state index is -0.914. The molecule has 0 radical (unpaired) electrons. The van der Waals surface area contributed by atoms with Crippen molar-refractivity contribution in [3.05, 3.63) is 29.8 Å². The molecule has 1 heterocycles. The number of carbonyl (C=O) groups is 3. The third-order valence-electron chi connectivity index (χ3n) is 3.90. The van der Waals surface area contributed by atoms with E-state index in [-0.39, 0.29) is 18.7 Å². The molecule has 148 valence electrons. The molecule has 8 heteroatoms. The minimum Gasteiger partial charge on any atom is -0.444 e. The van der Waals surface area contributed by atoms with Crippen LogP contribution in [0.1, 0.15) is 52.2 Å². The zero-order valence-corrected chi connectivity index (χ0v) is 15.9. The Hall–Kier alpha value is -2.61. The molecular weight excluding hydrogens is 352 g/mol. The Morgan fingerprint density at radius 2 is 2.00 bits per heavy atom. The van der Waals surface area contributed by atoms with Gasteiger partial charge >= 0.3 is 12.1 Å². The molecule has 3 atom stereocenters. The molecule has 3 unspecified atom stereocenters. The van der Waals surface area contributed by atoms with Crippen molar-refractivity contribution in [3.8, 4) is 0 Å². The van der Waals surface area contributed by atoms with Crippen LogP contribution in [-0.4, -0.2) is 34.9 Å². The van der Waals surface area contributed by atoms with Gasteiger partial charge in [-0.15, -0.1) is 0 Å². The third kappa shape index (κ3) is 6.25. The summed E-state index contributed by atoms with van der Waals surface area (Å²) in [5.74, 6) is -1.76. The normalized spacial score (nSPS) is 20.6. The summed E-state index contributed by atoms with van der Waals surface area (Å²) in [7, 11) is 0. The van der Waals surface area contributed by atoms with E-state index < -0.39 is 35.9 Å². The van der Waals surface area contributed by atoms with E-state index in [1.165, 1.54) is 6.92 Å². The summed E-state index contributed by atoms with van der Waals surface area (Å²) in [6.45, 7) is 6.64. The molecule has 0 fully saturated rings. The number of esters is 1. The van der Waals surface area contributed by atoms with Crippen LogP contribution in [0, 0.1) is 5.92 Å². The number of aliphatic hydroxyl groups excluding tert-OH is 1. The number of anilines is 1. The predicted octanol–water partition coefficient (Wildman–Crippen LogP) is 2.48. The first kappa shape index (κ1) is 20.7. The molecule has 0 aromatic heterocycles. The number of nitrogens with one attached hydrogen (secondary N) is 2. The zero-order chi connectivity index (χ0) is 20.2. The highest BCUT2D eigenvalue weighted by Crippen LogP contribution is 2.33. The highest BCUT2D eigenvalue weighted by molar-refractivity contribution is 5.96. The van der Waals surface area contributed by atoms with E-state index in [9.17, 15) is 19.5 Å². The maximum Gasteiger partial charge on any atom is 0.410 e. The van der Waals surface area contributed by atoms with Crippen LogP contribution in [0.15, 0.2) is 24.3 Å². The van der Waals surface area contributed by atoms with Crippen LogP contribution in [0.25, 0.3) is 0 Å². The quantitative estimate of drug-likeness (QED) is 0.548. The van der Waals surface area contributed by atoms with E-state index in [0.717, 1.165) is 0 Å². The van der Waals surface area contributed by atoms with Gasteiger partial charge in [-0.1, -0.05) is 18.2 Å². The average molecular weight is 378 g/mol. The summed E-state index contributed by atoms with van der Waals surface area (Å²) in [5.41, 5.74) is 0.477. The van der Waals surface area contributed by atoms with Gasteiger partial charge in [-0.2, -0.15) is 0 Å². The molecule has 2 amide bonds. The van der Waals surface area contributed by atoms with Crippen molar-refractivity contribution in [1.29, 1.82) is 0 Å². The number of amides is 2. The van der Waals surface area contributed by atoms with E-state index in [4.69, 9.17) is 9.47 Å². The van der Waals surface area contributed by atoms with E-state index in [1.807, 2.05) is 0 Å². The van der Waals surface area contributed by atoms with Crippen LogP contribution in [0.4, 0.5) is 10.5 Å². The van der Waals surface area contributed by atoms with Gasteiger partial charge in [0.2, 0.25) is 5.91 Å². The highest BCUT2D eigenvalue weighted by atomic mass is 16.6. The van der Waals surface area contributed by atoms with Crippen LogP contribution in [0.5, 0.6) is 0 Å². The number of hydrogen-bond donors (Lipinski definition) is 3. The summed E-state index contributed by atoms with van der Waals surface area (Å²) in [6.07, 6.45) is -2.59. The van der Waals surface area contributed by atoms with E-state index in [1.54, 1.807) is 45.0 Å². The molecular formula is C19H26N2O6. The van der Waals surface area contributed by atoms with Gasteiger partial charge < -0.3 is 19.9 Å². The summed E-state index contributed by atoms with van der Waals surface area (Å²) in [6, 6.07) is 6.95. The van der Waals surface area contributed by atoms with Crippen molar-refractivity contribution in [2.75, 3.05) is 5.32 Å². The second kappa shape index (κ2) is 8.39. The van der Waals surface area contributed by atoms with Gasteiger partial charge in [0.05, 0.1) is 18.4 Å².